The number of carbonyl (C=O) groups is 1. The van der Waals surface area contributed by atoms with Gasteiger partial charge in [0.15, 0.2) is 0 Å². The second-order valence-corrected chi connectivity index (χ2v) is 4.48. The van der Waals surface area contributed by atoms with E-state index in [2.05, 4.69) is 4.99 Å². The number of methoxy groups -OCH3 is 1. The molecule has 0 radical (unpaired) electrons. The number of hydrogen-bond acceptors (Lipinski definition) is 3. The quantitative estimate of drug-likeness (QED) is 0.872. The number of nitrogens with zero attached hydrogens (tertiary/aromatic N) is 1. The van der Waals surface area contributed by atoms with Crippen molar-refractivity contribution in [3.05, 3.63) is 23.8 Å². The van der Waals surface area contributed by atoms with Crippen molar-refractivity contribution in [3.8, 4) is 5.75 Å². The zero-order valence-electron chi connectivity index (χ0n) is 10.2. The molecule has 1 aliphatic heterocycles. The lowest BCUT2D eigenvalue weighted by atomic mass is 9.77. The van der Waals surface area contributed by atoms with E-state index in [0.717, 1.165) is 22.7 Å². The predicted octanol–water partition coefficient (Wildman–Crippen LogP) is 2.53. The van der Waals surface area contributed by atoms with Crippen molar-refractivity contribution in [1.29, 1.82) is 0 Å². The van der Waals surface area contributed by atoms with E-state index in [0.29, 0.717) is 0 Å². The highest BCUT2D eigenvalue weighted by molar-refractivity contribution is 6.02. The topological polar surface area (TPSA) is 58.9 Å². The fourth-order valence-electron chi connectivity index (χ4n) is 2.21. The van der Waals surface area contributed by atoms with Crippen molar-refractivity contribution in [2.45, 2.75) is 25.7 Å². The molecular weight excluding hydrogens is 218 g/mol. The number of rotatable bonds is 3. The molecule has 1 aliphatic rings. The zero-order chi connectivity index (χ0) is 12.6. The van der Waals surface area contributed by atoms with E-state index in [9.17, 15) is 4.79 Å². The summed E-state index contributed by atoms with van der Waals surface area (Å²) in [7, 11) is 1.60. The minimum atomic E-state index is -0.822. The normalized spacial score (nSPS) is 21.9. The standard InChI is InChI=1S/C13H15NO3/c1-8-13(2,7-12(15)16)10-6-9(17-3)4-5-11(10)14-8/h4-6H,7H2,1-3H3,(H,15,16). The van der Waals surface area contributed by atoms with Gasteiger partial charge in [-0.15, -0.1) is 0 Å². The number of hydrogen-bond donors (Lipinski definition) is 1. The van der Waals surface area contributed by atoms with Crippen molar-refractivity contribution in [1.82, 2.24) is 0 Å². The van der Waals surface area contributed by atoms with E-state index in [1.54, 1.807) is 7.11 Å². The third kappa shape index (κ3) is 1.79. The molecule has 1 aromatic rings. The van der Waals surface area contributed by atoms with Crippen LogP contribution in [-0.4, -0.2) is 23.9 Å². The minimum absolute atomic E-state index is 0.0441. The lowest BCUT2D eigenvalue weighted by Gasteiger charge is -2.24. The maximum absolute atomic E-state index is 11.0. The van der Waals surface area contributed by atoms with Gasteiger partial charge in [-0.25, -0.2) is 0 Å². The Kier molecular flexibility index (Phi) is 2.65. The highest BCUT2D eigenvalue weighted by atomic mass is 16.5. The number of carboxylic acid groups (broad SMARTS) is 1. The minimum Gasteiger partial charge on any atom is -0.497 e. The summed E-state index contributed by atoms with van der Waals surface area (Å²) in [5.74, 6) is -0.0945. The molecule has 17 heavy (non-hydrogen) atoms. The van der Waals surface area contributed by atoms with Crippen LogP contribution in [0.2, 0.25) is 0 Å². The van der Waals surface area contributed by atoms with E-state index >= 15 is 0 Å². The highest BCUT2D eigenvalue weighted by Gasteiger charge is 2.39. The molecule has 0 bridgehead atoms. The van der Waals surface area contributed by atoms with E-state index in [1.807, 2.05) is 32.0 Å². The summed E-state index contributed by atoms with van der Waals surface area (Å²) < 4.78 is 5.17. The molecule has 0 amide bonds. The van der Waals surface area contributed by atoms with Gasteiger partial charge < -0.3 is 9.84 Å². The van der Waals surface area contributed by atoms with Crippen LogP contribution in [0.1, 0.15) is 25.8 Å². The maximum Gasteiger partial charge on any atom is 0.304 e. The van der Waals surface area contributed by atoms with Crippen molar-refractivity contribution >= 4 is 17.4 Å². The van der Waals surface area contributed by atoms with Gasteiger partial charge in [-0.3, -0.25) is 9.79 Å². The molecule has 0 saturated carbocycles. The van der Waals surface area contributed by atoms with E-state index in [-0.39, 0.29) is 6.42 Å². The number of carboxylic acids is 1. The summed E-state index contributed by atoms with van der Waals surface area (Å²) in [5, 5.41) is 9.02. The van der Waals surface area contributed by atoms with Crippen LogP contribution in [0.4, 0.5) is 5.69 Å². The van der Waals surface area contributed by atoms with Crippen molar-refractivity contribution in [2.75, 3.05) is 7.11 Å². The monoisotopic (exact) mass is 233 g/mol. The summed E-state index contributed by atoms with van der Waals surface area (Å²) in [6.07, 6.45) is 0.0441. The first kappa shape index (κ1) is 11.6. The first-order valence-corrected chi connectivity index (χ1v) is 5.43. The Labute approximate surface area is 99.9 Å². The molecule has 1 unspecified atom stereocenters. The van der Waals surface area contributed by atoms with Gasteiger partial charge in [0.05, 0.1) is 19.2 Å². The summed E-state index contributed by atoms with van der Waals surface area (Å²) in [6.45, 7) is 3.78. The Morgan fingerprint density at radius 3 is 2.82 bits per heavy atom. The van der Waals surface area contributed by atoms with E-state index in [1.165, 1.54) is 0 Å². The van der Waals surface area contributed by atoms with Gasteiger partial charge in [-0.1, -0.05) is 0 Å². The number of fused-ring (bicyclic) bond motifs is 1. The fourth-order valence-corrected chi connectivity index (χ4v) is 2.21. The number of benzene rings is 1. The highest BCUT2D eigenvalue weighted by Crippen LogP contribution is 2.43. The lowest BCUT2D eigenvalue weighted by Crippen LogP contribution is -2.30. The Hall–Kier alpha value is -1.84. The average molecular weight is 233 g/mol. The number of aliphatic carboxylic acids is 1. The third-order valence-electron chi connectivity index (χ3n) is 3.39. The van der Waals surface area contributed by atoms with Crippen LogP contribution < -0.4 is 4.74 Å². The molecule has 0 aliphatic carbocycles. The van der Waals surface area contributed by atoms with Gasteiger partial charge in [-0.2, -0.15) is 0 Å². The first-order valence-electron chi connectivity index (χ1n) is 5.43. The van der Waals surface area contributed by atoms with E-state index < -0.39 is 11.4 Å². The maximum atomic E-state index is 11.0. The van der Waals surface area contributed by atoms with Gasteiger partial charge in [0.2, 0.25) is 0 Å². The second-order valence-electron chi connectivity index (χ2n) is 4.48. The number of aliphatic imine (C=N–C) groups is 1. The summed E-state index contributed by atoms with van der Waals surface area (Å²) in [5.41, 5.74) is 2.07. The first-order chi connectivity index (χ1) is 7.97. The van der Waals surface area contributed by atoms with Gasteiger partial charge in [0.1, 0.15) is 5.75 Å². The Balaban J connectivity index is 2.51. The molecule has 0 fully saturated rings. The fraction of sp³-hybridized carbons (Fsp3) is 0.385. The SMILES string of the molecule is COc1ccc2c(c1)C(C)(CC(=O)O)C(C)=N2. The van der Waals surface area contributed by atoms with Crippen LogP contribution in [0.25, 0.3) is 0 Å². The Morgan fingerprint density at radius 2 is 2.24 bits per heavy atom. The van der Waals surface area contributed by atoms with Crippen LogP contribution in [-0.2, 0) is 10.2 Å². The molecule has 4 heteroatoms. The van der Waals surface area contributed by atoms with Gasteiger partial charge in [0, 0.05) is 11.1 Å². The van der Waals surface area contributed by atoms with E-state index in [4.69, 9.17) is 9.84 Å². The van der Waals surface area contributed by atoms with Crippen molar-refractivity contribution in [3.63, 3.8) is 0 Å². The molecule has 0 aromatic heterocycles. The molecular formula is C13H15NO3. The van der Waals surface area contributed by atoms with Gasteiger partial charge >= 0.3 is 5.97 Å². The molecule has 0 saturated heterocycles. The summed E-state index contributed by atoms with van der Waals surface area (Å²) in [6, 6.07) is 5.57. The third-order valence-corrected chi connectivity index (χ3v) is 3.39. The summed E-state index contributed by atoms with van der Waals surface area (Å²) in [4.78, 5) is 15.4. The zero-order valence-corrected chi connectivity index (χ0v) is 10.2. The van der Waals surface area contributed by atoms with Crippen LogP contribution in [0.3, 0.4) is 0 Å². The largest absolute Gasteiger partial charge is 0.497 e. The molecule has 1 N–H and O–H groups in total. The van der Waals surface area contributed by atoms with Crippen LogP contribution in [0.5, 0.6) is 5.75 Å². The second kappa shape index (κ2) is 3.87. The van der Waals surface area contributed by atoms with Gasteiger partial charge in [-0.05, 0) is 37.6 Å². The Morgan fingerprint density at radius 1 is 1.53 bits per heavy atom. The van der Waals surface area contributed by atoms with Crippen molar-refractivity contribution in [2.24, 2.45) is 4.99 Å². The summed E-state index contributed by atoms with van der Waals surface area (Å²) >= 11 is 0. The van der Waals surface area contributed by atoms with Crippen LogP contribution in [0.15, 0.2) is 23.2 Å². The molecule has 4 nitrogen and oxygen atoms in total. The molecule has 2 rings (SSSR count). The molecule has 1 heterocycles. The van der Waals surface area contributed by atoms with Crippen LogP contribution in [0, 0.1) is 0 Å². The molecule has 0 spiro atoms. The predicted molar refractivity (Wildman–Crippen MR) is 65.4 cm³/mol. The molecule has 90 valence electrons. The molecule has 1 aromatic carbocycles. The van der Waals surface area contributed by atoms with Crippen molar-refractivity contribution < 1.29 is 14.6 Å². The Bertz CT molecular complexity index is 507. The lowest BCUT2D eigenvalue weighted by molar-refractivity contribution is -0.137. The smallest absolute Gasteiger partial charge is 0.304 e. The van der Waals surface area contributed by atoms with Crippen LogP contribution >= 0.6 is 0 Å². The number of ether oxygens (including phenoxy) is 1. The average Bonchev–Trinajstić information content (AvgIpc) is 2.50. The molecule has 1 atom stereocenters. The van der Waals surface area contributed by atoms with Gasteiger partial charge in [0.25, 0.3) is 0 Å².